The van der Waals surface area contributed by atoms with Gasteiger partial charge in [0.1, 0.15) is 0 Å². The van der Waals surface area contributed by atoms with Crippen molar-refractivity contribution in [2.75, 3.05) is 0 Å². The molecule has 0 saturated carbocycles. The van der Waals surface area contributed by atoms with Crippen LogP contribution in [0.15, 0.2) is 146 Å². The summed E-state index contributed by atoms with van der Waals surface area (Å²) < 4.78 is 0. The molecule has 8 aromatic rings. The third kappa shape index (κ3) is 9.93. The summed E-state index contributed by atoms with van der Waals surface area (Å²) in [6, 6.07) is 53.3. The second-order valence-electron chi connectivity index (χ2n) is 13.9. The second kappa shape index (κ2) is 20.1. The Morgan fingerprint density at radius 3 is 1.12 bits per heavy atom. The predicted octanol–water partition coefficient (Wildman–Crippen LogP) is 8.20. The zero-order valence-corrected chi connectivity index (χ0v) is 34.8. The number of hydrogen-bond acceptors (Lipinski definition) is 0. The van der Waals surface area contributed by atoms with Crippen molar-refractivity contribution < 1.29 is 51.0 Å². The standard InChI is InChI=1S/2C23H21.C3H6.2ClH.Zr/c2*1-16(2)13-17-14-19-9-6-12-22(23(19)15-17)21-11-5-8-18-7-3-4-10-20(18)21;1-3-2;;;/h2*3-12,14-16H,13H2,1-2H3;1-3H2;2*1H;/q2*-1;-2;;;+2/p-2. The predicted molar refractivity (Wildman–Crippen MR) is 217 cm³/mol. The van der Waals surface area contributed by atoms with Crippen LogP contribution in [0.25, 0.3) is 65.3 Å². The van der Waals surface area contributed by atoms with Gasteiger partial charge in [-0.15, -0.1) is 69.1 Å². The van der Waals surface area contributed by atoms with Crippen molar-refractivity contribution in [3.63, 3.8) is 0 Å². The van der Waals surface area contributed by atoms with Gasteiger partial charge in [-0.25, -0.2) is 0 Å². The summed E-state index contributed by atoms with van der Waals surface area (Å²) in [5.41, 5.74) is 8.24. The van der Waals surface area contributed by atoms with Crippen molar-refractivity contribution in [2.24, 2.45) is 11.8 Å². The summed E-state index contributed by atoms with van der Waals surface area (Å²) >= 11 is 0. The van der Waals surface area contributed by atoms with Crippen LogP contribution in [0.1, 0.15) is 45.2 Å². The van der Waals surface area contributed by atoms with Crippen LogP contribution in [-0.4, -0.2) is 0 Å². The Morgan fingerprint density at radius 1 is 0.442 bits per heavy atom. The molecule has 0 aliphatic rings. The maximum absolute atomic E-state index is 3.38. The monoisotopic (exact) mass is 796 g/mol. The van der Waals surface area contributed by atoms with Crippen LogP contribution < -0.4 is 24.8 Å². The molecule has 0 heterocycles. The van der Waals surface area contributed by atoms with Crippen molar-refractivity contribution in [1.29, 1.82) is 0 Å². The third-order valence-electron chi connectivity index (χ3n) is 9.07. The molecule has 52 heavy (non-hydrogen) atoms. The van der Waals surface area contributed by atoms with Gasteiger partial charge in [-0.3, -0.25) is 0 Å². The molecule has 0 atom stereocenters. The quantitative estimate of drug-likeness (QED) is 0.149. The SMILES string of the molecule is CC(C)Cc1cc2c(-c3cccc4ccccc34)cccc2[cH-]1.CC(C)Cc1cc2c(-c3cccc4ccccc34)cccc2[cH-]1.[CH2-]C[CH2-].[Cl-].[Cl-].[Zr+2]. The molecule has 0 spiro atoms. The summed E-state index contributed by atoms with van der Waals surface area (Å²) in [4.78, 5) is 0. The molecule has 0 nitrogen and oxygen atoms in total. The Balaban J connectivity index is 0.000000248. The van der Waals surface area contributed by atoms with E-state index in [2.05, 4.69) is 187 Å². The molecule has 0 amide bonds. The third-order valence-corrected chi connectivity index (χ3v) is 9.07. The van der Waals surface area contributed by atoms with E-state index >= 15 is 0 Å². The van der Waals surface area contributed by atoms with E-state index in [0.717, 1.165) is 19.3 Å². The summed E-state index contributed by atoms with van der Waals surface area (Å²) in [5.74, 6) is 1.38. The molecule has 3 heteroatoms. The smallest absolute Gasteiger partial charge is 1.00 e. The molecule has 0 unspecified atom stereocenters. The van der Waals surface area contributed by atoms with Gasteiger partial charge < -0.3 is 45.1 Å². The van der Waals surface area contributed by atoms with E-state index in [-0.39, 0.29) is 51.0 Å². The van der Waals surface area contributed by atoms with Gasteiger partial charge in [-0.1, -0.05) is 136 Å². The zero-order valence-electron chi connectivity index (χ0n) is 30.8. The Labute approximate surface area is 343 Å². The number of benzene rings is 6. The molecule has 0 fully saturated rings. The Hall–Kier alpha value is -3.48. The van der Waals surface area contributed by atoms with E-state index in [4.69, 9.17) is 0 Å². The number of rotatable bonds is 6. The summed E-state index contributed by atoms with van der Waals surface area (Å²) in [7, 11) is 0. The summed E-state index contributed by atoms with van der Waals surface area (Å²) in [5, 5.41) is 10.7. The molecule has 0 aromatic heterocycles. The first-order chi connectivity index (χ1) is 23.9. The van der Waals surface area contributed by atoms with Crippen LogP contribution in [0.3, 0.4) is 0 Å². The molecule has 0 N–H and O–H groups in total. The van der Waals surface area contributed by atoms with E-state index in [0.29, 0.717) is 11.8 Å². The maximum Gasteiger partial charge on any atom is 2.00 e. The largest absolute Gasteiger partial charge is 2.00 e. The molecule has 0 bridgehead atoms. The minimum absolute atomic E-state index is 0. The summed E-state index contributed by atoms with van der Waals surface area (Å²) in [6.45, 7) is 15.9. The molecule has 0 aliphatic heterocycles. The van der Waals surface area contributed by atoms with Gasteiger partial charge in [0, 0.05) is 0 Å². The van der Waals surface area contributed by atoms with Crippen LogP contribution in [0, 0.1) is 25.7 Å². The first kappa shape index (κ1) is 42.9. The van der Waals surface area contributed by atoms with Crippen LogP contribution in [-0.2, 0) is 39.0 Å². The van der Waals surface area contributed by atoms with E-state index in [1.165, 1.54) is 76.5 Å². The summed E-state index contributed by atoms with van der Waals surface area (Å²) in [6.07, 6.45) is 3.04. The maximum atomic E-state index is 3.38. The Kier molecular flexibility index (Phi) is 16.6. The van der Waals surface area contributed by atoms with E-state index in [9.17, 15) is 0 Å². The Morgan fingerprint density at radius 2 is 0.750 bits per heavy atom. The minimum atomic E-state index is 0. The number of hydrogen-bond donors (Lipinski definition) is 0. The van der Waals surface area contributed by atoms with Gasteiger partial charge in [-0.05, 0) is 57.3 Å². The van der Waals surface area contributed by atoms with Crippen LogP contribution in [0.2, 0.25) is 0 Å². The Bertz CT molecular complexity index is 2130. The van der Waals surface area contributed by atoms with Gasteiger partial charge in [0.05, 0.1) is 0 Å². The number of halogens is 2. The fourth-order valence-electron chi connectivity index (χ4n) is 7.16. The fourth-order valence-corrected chi connectivity index (χ4v) is 7.16. The molecule has 8 rings (SSSR count). The van der Waals surface area contributed by atoms with Gasteiger partial charge in [-0.2, -0.15) is 12.1 Å². The topological polar surface area (TPSA) is 0 Å². The first-order valence-electron chi connectivity index (χ1n) is 17.8. The molecule has 266 valence electrons. The van der Waals surface area contributed by atoms with Crippen molar-refractivity contribution in [1.82, 2.24) is 0 Å². The van der Waals surface area contributed by atoms with E-state index in [1.807, 2.05) is 0 Å². The van der Waals surface area contributed by atoms with Crippen LogP contribution in [0.5, 0.6) is 0 Å². The normalized spacial score (nSPS) is 10.6. The van der Waals surface area contributed by atoms with Crippen LogP contribution in [0.4, 0.5) is 0 Å². The minimum Gasteiger partial charge on any atom is -1.00 e. The molecule has 0 aliphatic carbocycles. The fraction of sp³-hybridized carbons (Fsp3) is 0.184. The average Bonchev–Trinajstić information content (AvgIpc) is 3.71. The molecule has 0 radical (unpaired) electrons. The van der Waals surface area contributed by atoms with Crippen molar-refractivity contribution >= 4 is 43.1 Å². The van der Waals surface area contributed by atoms with Crippen molar-refractivity contribution in [3.8, 4) is 22.3 Å². The van der Waals surface area contributed by atoms with E-state index < -0.39 is 0 Å². The molecular weight excluding hydrogens is 751 g/mol. The number of fused-ring (bicyclic) bond motifs is 4. The van der Waals surface area contributed by atoms with E-state index in [1.54, 1.807) is 0 Å². The van der Waals surface area contributed by atoms with Gasteiger partial charge in [0.15, 0.2) is 0 Å². The zero-order chi connectivity index (χ0) is 34.3. The first-order valence-corrected chi connectivity index (χ1v) is 17.8. The van der Waals surface area contributed by atoms with Crippen molar-refractivity contribution in [2.45, 2.75) is 47.0 Å². The van der Waals surface area contributed by atoms with Crippen molar-refractivity contribution in [3.05, 3.63) is 171 Å². The molecular formula is C49H48Cl2Zr-4. The average molecular weight is 799 g/mol. The van der Waals surface area contributed by atoms with Gasteiger partial charge in [0.25, 0.3) is 0 Å². The van der Waals surface area contributed by atoms with Gasteiger partial charge in [0.2, 0.25) is 0 Å². The van der Waals surface area contributed by atoms with Gasteiger partial charge >= 0.3 is 26.2 Å². The van der Waals surface area contributed by atoms with Crippen LogP contribution >= 0.6 is 0 Å². The molecule has 0 saturated heterocycles. The second-order valence-corrected chi connectivity index (χ2v) is 13.9. The molecule has 8 aromatic carbocycles.